The Morgan fingerprint density at radius 2 is 2.29 bits per heavy atom. The molecule has 0 amide bonds. The molecule has 1 aromatic rings. The number of rotatable bonds is 2. The molecular weight excluding hydrogens is 188 g/mol. The first-order chi connectivity index (χ1) is 6.57. The van der Waals surface area contributed by atoms with Crippen LogP contribution in [0.4, 0.5) is 14.5 Å². The second-order valence-electron chi connectivity index (χ2n) is 2.83. The van der Waals surface area contributed by atoms with Gasteiger partial charge in [-0.25, -0.2) is 8.78 Å². The van der Waals surface area contributed by atoms with Crippen LogP contribution < -0.4 is 5.73 Å². The van der Waals surface area contributed by atoms with Crippen LogP contribution in [0, 0.1) is 18.3 Å². The van der Waals surface area contributed by atoms with Crippen LogP contribution >= 0.6 is 0 Å². The molecule has 0 saturated heterocycles. The van der Waals surface area contributed by atoms with Crippen molar-refractivity contribution in [2.45, 2.75) is 19.8 Å². The Labute approximate surface area is 80.2 Å². The number of hydrogen-bond acceptors (Lipinski definition) is 3. The number of aryl methyl sites for hydroxylation is 1. The smallest absolute Gasteiger partial charge is 0.267 e. The molecule has 0 aromatic carbocycles. The molecule has 0 unspecified atom stereocenters. The molecule has 2 N–H and O–H groups in total. The van der Waals surface area contributed by atoms with E-state index in [0.29, 0.717) is 11.3 Å². The maximum atomic E-state index is 12.4. The summed E-state index contributed by atoms with van der Waals surface area (Å²) in [5.41, 5.74) is 6.09. The first-order valence-corrected chi connectivity index (χ1v) is 3.96. The minimum atomic E-state index is -2.65. The summed E-state index contributed by atoms with van der Waals surface area (Å²) in [5.74, 6) is 0. The lowest BCUT2D eigenvalue weighted by Gasteiger charge is -2.09. The Morgan fingerprint density at radius 1 is 1.64 bits per heavy atom. The average Bonchev–Trinajstić information content (AvgIpc) is 2.11. The van der Waals surface area contributed by atoms with Crippen LogP contribution in [-0.4, -0.2) is 4.98 Å². The van der Waals surface area contributed by atoms with E-state index >= 15 is 0 Å². The molecule has 3 nitrogen and oxygen atoms in total. The van der Waals surface area contributed by atoms with Gasteiger partial charge in [-0.15, -0.1) is 0 Å². The number of nitrogens with two attached hydrogens (primary N) is 1. The zero-order valence-electron chi connectivity index (χ0n) is 7.59. The molecule has 0 spiro atoms. The van der Waals surface area contributed by atoms with E-state index in [-0.39, 0.29) is 17.7 Å². The van der Waals surface area contributed by atoms with Crippen LogP contribution in [0.5, 0.6) is 0 Å². The molecule has 1 rings (SSSR count). The molecular formula is C9H9F2N3. The van der Waals surface area contributed by atoms with E-state index in [0.717, 1.165) is 6.20 Å². The highest BCUT2D eigenvalue weighted by Crippen LogP contribution is 2.28. The molecule has 1 heterocycles. The minimum absolute atomic E-state index is 0.00519. The number of pyridine rings is 1. The van der Waals surface area contributed by atoms with Crippen LogP contribution in [0.25, 0.3) is 0 Å². The molecule has 5 heteroatoms. The summed E-state index contributed by atoms with van der Waals surface area (Å²) in [5, 5.41) is 8.48. The number of nitriles is 1. The molecule has 74 valence electrons. The van der Waals surface area contributed by atoms with Crippen molar-refractivity contribution in [1.82, 2.24) is 4.98 Å². The van der Waals surface area contributed by atoms with Gasteiger partial charge < -0.3 is 5.73 Å². The number of aromatic nitrogens is 1. The Balaban J connectivity index is 3.27. The molecule has 0 aliphatic rings. The van der Waals surface area contributed by atoms with Crippen molar-refractivity contribution in [1.29, 1.82) is 5.26 Å². The fourth-order valence-electron chi connectivity index (χ4n) is 1.16. The summed E-state index contributed by atoms with van der Waals surface area (Å²) in [6.45, 7) is 1.64. The molecule has 0 atom stereocenters. The second kappa shape index (κ2) is 4.01. The van der Waals surface area contributed by atoms with E-state index in [1.807, 2.05) is 6.07 Å². The van der Waals surface area contributed by atoms with E-state index in [9.17, 15) is 8.78 Å². The molecule has 0 aliphatic carbocycles. The van der Waals surface area contributed by atoms with Gasteiger partial charge in [0.15, 0.2) is 0 Å². The van der Waals surface area contributed by atoms with Gasteiger partial charge in [0.25, 0.3) is 6.43 Å². The zero-order valence-corrected chi connectivity index (χ0v) is 7.59. The van der Waals surface area contributed by atoms with Gasteiger partial charge in [0.05, 0.1) is 18.1 Å². The van der Waals surface area contributed by atoms with Crippen molar-refractivity contribution in [2.24, 2.45) is 0 Å². The van der Waals surface area contributed by atoms with Gasteiger partial charge in [-0.05, 0) is 6.92 Å². The normalized spacial score (nSPS) is 10.2. The van der Waals surface area contributed by atoms with Crippen LogP contribution in [0.15, 0.2) is 6.20 Å². The van der Waals surface area contributed by atoms with Gasteiger partial charge in [-0.2, -0.15) is 5.26 Å². The Kier molecular flexibility index (Phi) is 2.97. The first kappa shape index (κ1) is 10.4. The number of hydrogen-bond donors (Lipinski definition) is 1. The summed E-state index contributed by atoms with van der Waals surface area (Å²) in [7, 11) is 0. The summed E-state index contributed by atoms with van der Waals surface area (Å²) < 4.78 is 24.8. The van der Waals surface area contributed by atoms with E-state index < -0.39 is 6.43 Å². The highest BCUT2D eigenvalue weighted by Gasteiger charge is 2.16. The number of halogens is 2. The van der Waals surface area contributed by atoms with Crippen molar-refractivity contribution >= 4 is 5.69 Å². The predicted molar refractivity (Wildman–Crippen MR) is 47.7 cm³/mol. The highest BCUT2D eigenvalue weighted by atomic mass is 19.3. The predicted octanol–water partition coefficient (Wildman–Crippen LogP) is 1.98. The van der Waals surface area contributed by atoms with Crippen molar-refractivity contribution in [3.05, 3.63) is 23.0 Å². The third kappa shape index (κ3) is 1.79. The summed E-state index contributed by atoms with van der Waals surface area (Å²) in [6.07, 6.45) is -1.60. The Hall–Kier alpha value is -1.70. The number of nitrogen functional groups attached to an aromatic ring is 1. The fourth-order valence-corrected chi connectivity index (χ4v) is 1.16. The summed E-state index contributed by atoms with van der Waals surface area (Å²) in [4.78, 5) is 3.77. The molecule has 0 saturated carbocycles. The molecule has 1 aromatic heterocycles. The fraction of sp³-hybridized carbons (Fsp3) is 0.333. The summed E-state index contributed by atoms with van der Waals surface area (Å²) in [6, 6.07) is 1.87. The van der Waals surface area contributed by atoms with Crippen LogP contribution in [0.2, 0.25) is 0 Å². The Morgan fingerprint density at radius 3 is 2.79 bits per heavy atom. The average molecular weight is 197 g/mol. The monoisotopic (exact) mass is 197 g/mol. The van der Waals surface area contributed by atoms with Crippen molar-refractivity contribution in [2.75, 3.05) is 5.73 Å². The van der Waals surface area contributed by atoms with Crippen LogP contribution in [0.1, 0.15) is 23.2 Å². The van der Waals surface area contributed by atoms with E-state index in [2.05, 4.69) is 4.98 Å². The maximum Gasteiger partial charge on any atom is 0.267 e. The van der Waals surface area contributed by atoms with E-state index in [1.54, 1.807) is 6.92 Å². The third-order valence-electron chi connectivity index (χ3n) is 1.96. The van der Waals surface area contributed by atoms with Crippen molar-refractivity contribution in [3.63, 3.8) is 0 Å². The standard InChI is InChI=1S/C9H9F2N3/c1-5-6(2-3-12)8(13)7(4-14-5)9(10)11/h4,9H,2H2,1H3,(H2,13,14). The molecule has 14 heavy (non-hydrogen) atoms. The highest BCUT2D eigenvalue weighted by molar-refractivity contribution is 5.55. The lowest BCUT2D eigenvalue weighted by atomic mass is 10.1. The van der Waals surface area contributed by atoms with Gasteiger partial charge in [0, 0.05) is 23.1 Å². The molecule has 0 bridgehead atoms. The third-order valence-corrected chi connectivity index (χ3v) is 1.96. The van der Waals surface area contributed by atoms with Gasteiger partial charge in [0.1, 0.15) is 0 Å². The molecule has 0 radical (unpaired) electrons. The zero-order chi connectivity index (χ0) is 10.7. The van der Waals surface area contributed by atoms with Gasteiger partial charge in [-0.3, -0.25) is 4.98 Å². The number of nitrogens with zero attached hydrogens (tertiary/aromatic N) is 2. The number of alkyl halides is 2. The lowest BCUT2D eigenvalue weighted by Crippen LogP contribution is -2.04. The SMILES string of the molecule is Cc1ncc(C(F)F)c(N)c1CC#N. The van der Waals surface area contributed by atoms with Crippen molar-refractivity contribution < 1.29 is 8.78 Å². The summed E-state index contributed by atoms with van der Waals surface area (Å²) >= 11 is 0. The van der Waals surface area contributed by atoms with Gasteiger partial charge in [-0.1, -0.05) is 0 Å². The lowest BCUT2D eigenvalue weighted by molar-refractivity contribution is 0.151. The number of anilines is 1. The minimum Gasteiger partial charge on any atom is -0.398 e. The van der Waals surface area contributed by atoms with Crippen LogP contribution in [-0.2, 0) is 6.42 Å². The van der Waals surface area contributed by atoms with Crippen LogP contribution in [0.3, 0.4) is 0 Å². The van der Waals surface area contributed by atoms with E-state index in [1.165, 1.54) is 0 Å². The molecule has 0 aliphatic heterocycles. The Bertz CT molecular complexity index is 382. The van der Waals surface area contributed by atoms with Gasteiger partial charge >= 0.3 is 0 Å². The first-order valence-electron chi connectivity index (χ1n) is 3.96. The largest absolute Gasteiger partial charge is 0.398 e. The molecule has 0 fully saturated rings. The quantitative estimate of drug-likeness (QED) is 0.788. The maximum absolute atomic E-state index is 12.4. The van der Waals surface area contributed by atoms with Gasteiger partial charge in [0.2, 0.25) is 0 Å². The van der Waals surface area contributed by atoms with E-state index in [4.69, 9.17) is 11.0 Å². The van der Waals surface area contributed by atoms with Crippen molar-refractivity contribution in [3.8, 4) is 6.07 Å². The second-order valence-corrected chi connectivity index (χ2v) is 2.83. The topological polar surface area (TPSA) is 62.7 Å².